The fraction of sp³-hybridized carbons (Fsp3) is 0.615. The van der Waals surface area contributed by atoms with E-state index in [9.17, 15) is 10.1 Å². The lowest BCUT2D eigenvalue weighted by Gasteiger charge is -2.43. The highest BCUT2D eigenvalue weighted by Gasteiger charge is 2.51. The standard InChI is InChI=1S/C13H15N3OS/c1-9-4-13(5-9,7-14)12(17)16-3-2-10-11(6-16)18-8-15-10/h8-9H,2-6H2,1H3. The molecule has 1 aromatic heterocycles. The first-order valence-electron chi connectivity index (χ1n) is 6.26. The zero-order chi connectivity index (χ0) is 12.8. The molecular formula is C13H15N3OS. The van der Waals surface area contributed by atoms with Crippen LogP contribution in [0.1, 0.15) is 30.3 Å². The first-order valence-corrected chi connectivity index (χ1v) is 7.14. The van der Waals surface area contributed by atoms with Crippen LogP contribution < -0.4 is 0 Å². The number of fused-ring (bicyclic) bond motifs is 1. The molecule has 94 valence electrons. The van der Waals surface area contributed by atoms with Gasteiger partial charge in [0, 0.05) is 17.8 Å². The van der Waals surface area contributed by atoms with Gasteiger partial charge in [-0.15, -0.1) is 11.3 Å². The number of hydrogen-bond acceptors (Lipinski definition) is 4. The normalized spacial score (nSPS) is 30.2. The molecule has 1 aliphatic carbocycles. The quantitative estimate of drug-likeness (QED) is 0.776. The smallest absolute Gasteiger partial charge is 0.243 e. The van der Waals surface area contributed by atoms with Gasteiger partial charge in [-0.2, -0.15) is 5.26 Å². The van der Waals surface area contributed by atoms with Crippen molar-refractivity contribution in [1.29, 1.82) is 5.26 Å². The fourth-order valence-corrected chi connectivity index (χ4v) is 3.87. The minimum Gasteiger partial charge on any atom is -0.336 e. The van der Waals surface area contributed by atoms with Crippen LogP contribution in [0, 0.1) is 22.7 Å². The van der Waals surface area contributed by atoms with E-state index in [0.29, 0.717) is 31.8 Å². The second-order valence-corrected chi connectivity index (χ2v) is 6.35. The second-order valence-electron chi connectivity index (χ2n) is 5.41. The summed E-state index contributed by atoms with van der Waals surface area (Å²) >= 11 is 1.60. The van der Waals surface area contributed by atoms with E-state index in [1.807, 2.05) is 10.4 Å². The van der Waals surface area contributed by atoms with Gasteiger partial charge < -0.3 is 4.90 Å². The molecule has 1 aliphatic heterocycles. The van der Waals surface area contributed by atoms with E-state index >= 15 is 0 Å². The van der Waals surface area contributed by atoms with Crippen molar-refractivity contribution in [2.45, 2.75) is 32.7 Å². The van der Waals surface area contributed by atoms with Crippen molar-refractivity contribution in [2.24, 2.45) is 11.3 Å². The lowest BCUT2D eigenvalue weighted by Crippen LogP contribution is -2.51. The molecule has 0 radical (unpaired) electrons. The van der Waals surface area contributed by atoms with Crippen molar-refractivity contribution >= 4 is 17.2 Å². The fourth-order valence-electron chi connectivity index (χ4n) is 3.04. The summed E-state index contributed by atoms with van der Waals surface area (Å²) in [5.41, 5.74) is 2.23. The van der Waals surface area contributed by atoms with Crippen molar-refractivity contribution in [1.82, 2.24) is 9.88 Å². The van der Waals surface area contributed by atoms with Crippen LogP contribution in [0.4, 0.5) is 0 Å². The van der Waals surface area contributed by atoms with Crippen LogP contribution in [0.2, 0.25) is 0 Å². The summed E-state index contributed by atoms with van der Waals surface area (Å²) in [5.74, 6) is 0.527. The van der Waals surface area contributed by atoms with E-state index in [4.69, 9.17) is 0 Å². The maximum Gasteiger partial charge on any atom is 0.243 e. The van der Waals surface area contributed by atoms with E-state index in [1.54, 1.807) is 11.3 Å². The molecule has 2 aliphatic rings. The summed E-state index contributed by atoms with van der Waals surface area (Å²) in [7, 11) is 0. The summed E-state index contributed by atoms with van der Waals surface area (Å²) in [6.45, 7) is 3.43. The van der Waals surface area contributed by atoms with Gasteiger partial charge in [-0.1, -0.05) is 6.92 Å². The Bertz CT molecular complexity index is 525. The maximum absolute atomic E-state index is 12.5. The Balaban J connectivity index is 1.77. The first-order chi connectivity index (χ1) is 8.64. The first kappa shape index (κ1) is 11.7. The van der Waals surface area contributed by atoms with Crippen molar-refractivity contribution < 1.29 is 4.79 Å². The number of thiazole rings is 1. The number of nitrogens with zero attached hydrogens (tertiary/aromatic N) is 3. The van der Waals surface area contributed by atoms with Gasteiger partial charge in [-0.3, -0.25) is 4.79 Å². The third-order valence-electron chi connectivity index (χ3n) is 3.98. The Morgan fingerprint density at radius 3 is 3.11 bits per heavy atom. The molecule has 1 fully saturated rings. The van der Waals surface area contributed by atoms with Crippen molar-refractivity contribution in [3.8, 4) is 6.07 Å². The van der Waals surface area contributed by atoms with Crippen LogP contribution in [0.3, 0.4) is 0 Å². The highest BCUT2D eigenvalue weighted by molar-refractivity contribution is 7.09. The lowest BCUT2D eigenvalue weighted by atomic mass is 9.62. The SMILES string of the molecule is CC1CC(C#N)(C(=O)N2CCc3ncsc3C2)C1. The molecule has 0 spiro atoms. The Morgan fingerprint density at radius 1 is 1.67 bits per heavy atom. The average molecular weight is 261 g/mol. The Labute approximate surface area is 110 Å². The lowest BCUT2D eigenvalue weighted by molar-refractivity contribution is -0.146. The molecule has 3 rings (SSSR count). The number of carbonyl (C=O) groups is 1. The molecule has 0 N–H and O–H groups in total. The predicted octanol–water partition coefficient (Wildman–Crippen LogP) is 1.97. The molecule has 1 saturated carbocycles. The van der Waals surface area contributed by atoms with Gasteiger partial charge in [0.15, 0.2) is 0 Å². The van der Waals surface area contributed by atoms with Gasteiger partial charge in [0.1, 0.15) is 5.41 Å². The van der Waals surface area contributed by atoms with Crippen molar-refractivity contribution in [3.63, 3.8) is 0 Å². The van der Waals surface area contributed by atoms with Crippen molar-refractivity contribution in [3.05, 3.63) is 16.1 Å². The van der Waals surface area contributed by atoms with E-state index in [2.05, 4.69) is 18.0 Å². The number of rotatable bonds is 1. The van der Waals surface area contributed by atoms with Crippen LogP contribution >= 0.6 is 11.3 Å². The van der Waals surface area contributed by atoms with Gasteiger partial charge in [-0.25, -0.2) is 4.98 Å². The second kappa shape index (κ2) is 4.06. The van der Waals surface area contributed by atoms with Crippen molar-refractivity contribution in [2.75, 3.05) is 6.54 Å². The summed E-state index contributed by atoms with van der Waals surface area (Å²) in [6.07, 6.45) is 2.25. The number of amides is 1. The Morgan fingerprint density at radius 2 is 2.44 bits per heavy atom. The maximum atomic E-state index is 12.5. The number of aromatic nitrogens is 1. The molecule has 0 aromatic carbocycles. The molecule has 1 aromatic rings. The number of carbonyl (C=O) groups excluding carboxylic acids is 1. The summed E-state index contributed by atoms with van der Waals surface area (Å²) in [4.78, 5) is 19.8. The molecule has 0 bridgehead atoms. The third kappa shape index (κ3) is 1.64. The number of hydrogen-bond donors (Lipinski definition) is 0. The molecule has 2 heterocycles. The summed E-state index contributed by atoms with van der Waals surface area (Å²) in [5, 5.41) is 9.30. The van der Waals surface area contributed by atoms with Crippen LogP contribution in [0.5, 0.6) is 0 Å². The third-order valence-corrected chi connectivity index (χ3v) is 4.84. The zero-order valence-corrected chi connectivity index (χ0v) is 11.2. The van der Waals surface area contributed by atoms with E-state index < -0.39 is 5.41 Å². The molecule has 0 unspecified atom stereocenters. The van der Waals surface area contributed by atoms with E-state index in [-0.39, 0.29) is 5.91 Å². The number of nitriles is 1. The monoisotopic (exact) mass is 261 g/mol. The molecular weight excluding hydrogens is 246 g/mol. The molecule has 5 heteroatoms. The van der Waals surface area contributed by atoms with Crippen LogP contribution in [-0.2, 0) is 17.8 Å². The van der Waals surface area contributed by atoms with Gasteiger partial charge in [0.05, 0.1) is 23.8 Å². The molecule has 18 heavy (non-hydrogen) atoms. The van der Waals surface area contributed by atoms with Gasteiger partial charge >= 0.3 is 0 Å². The van der Waals surface area contributed by atoms with Crippen LogP contribution in [0.15, 0.2) is 5.51 Å². The van der Waals surface area contributed by atoms with Gasteiger partial charge in [-0.05, 0) is 18.8 Å². The highest BCUT2D eigenvalue weighted by atomic mass is 32.1. The minimum absolute atomic E-state index is 0.0298. The van der Waals surface area contributed by atoms with E-state index in [1.165, 1.54) is 4.88 Å². The summed E-state index contributed by atoms with van der Waals surface area (Å²) in [6, 6.07) is 2.26. The Kier molecular flexibility index (Phi) is 2.63. The molecule has 4 nitrogen and oxygen atoms in total. The molecule has 0 saturated heterocycles. The minimum atomic E-state index is -0.735. The summed E-state index contributed by atoms with van der Waals surface area (Å²) < 4.78 is 0. The van der Waals surface area contributed by atoms with Crippen LogP contribution in [-0.4, -0.2) is 22.3 Å². The van der Waals surface area contributed by atoms with E-state index in [0.717, 1.165) is 12.1 Å². The highest BCUT2D eigenvalue weighted by Crippen LogP contribution is 2.46. The largest absolute Gasteiger partial charge is 0.336 e. The topological polar surface area (TPSA) is 57.0 Å². The molecule has 0 atom stereocenters. The van der Waals surface area contributed by atoms with Gasteiger partial charge in [0.25, 0.3) is 0 Å². The van der Waals surface area contributed by atoms with Gasteiger partial charge in [0.2, 0.25) is 5.91 Å². The Hall–Kier alpha value is -1.41. The predicted molar refractivity (Wildman–Crippen MR) is 67.7 cm³/mol. The average Bonchev–Trinajstić information content (AvgIpc) is 2.80. The zero-order valence-electron chi connectivity index (χ0n) is 10.3. The molecule has 1 amide bonds. The van der Waals surface area contributed by atoms with Crippen LogP contribution in [0.25, 0.3) is 0 Å².